The number of hydrogen-bond donors (Lipinski definition) is 2. The molecule has 124 valence electrons. The SMILES string of the molecule is CC1CC1C(=O)Nc1ccc(C(=O)NC2CCN(C)CC2)cc1. The van der Waals surface area contributed by atoms with Gasteiger partial charge in [-0.2, -0.15) is 0 Å². The first-order valence-electron chi connectivity index (χ1n) is 8.43. The van der Waals surface area contributed by atoms with Gasteiger partial charge in [0, 0.05) is 23.2 Å². The zero-order valence-electron chi connectivity index (χ0n) is 13.8. The summed E-state index contributed by atoms with van der Waals surface area (Å²) in [6.45, 7) is 4.13. The lowest BCUT2D eigenvalue weighted by molar-refractivity contribution is -0.117. The van der Waals surface area contributed by atoms with Crippen molar-refractivity contribution in [3.8, 4) is 0 Å². The Balaban J connectivity index is 1.52. The van der Waals surface area contributed by atoms with Crippen molar-refractivity contribution in [3.05, 3.63) is 29.8 Å². The Morgan fingerprint density at radius 3 is 2.30 bits per heavy atom. The fourth-order valence-electron chi connectivity index (χ4n) is 3.05. The van der Waals surface area contributed by atoms with Crippen molar-refractivity contribution in [3.63, 3.8) is 0 Å². The van der Waals surface area contributed by atoms with Crippen LogP contribution in [0.25, 0.3) is 0 Å². The van der Waals surface area contributed by atoms with Gasteiger partial charge in [0.2, 0.25) is 5.91 Å². The van der Waals surface area contributed by atoms with Crippen LogP contribution in [-0.2, 0) is 4.79 Å². The van der Waals surface area contributed by atoms with Crippen LogP contribution in [0.15, 0.2) is 24.3 Å². The molecule has 2 unspecified atom stereocenters. The number of likely N-dealkylation sites (tertiary alicyclic amines) is 1. The summed E-state index contributed by atoms with van der Waals surface area (Å²) in [6, 6.07) is 7.41. The quantitative estimate of drug-likeness (QED) is 0.894. The molecule has 2 amide bonds. The highest BCUT2D eigenvalue weighted by atomic mass is 16.2. The number of amides is 2. The second-order valence-electron chi connectivity index (χ2n) is 6.94. The van der Waals surface area contributed by atoms with Gasteiger partial charge in [-0.15, -0.1) is 0 Å². The molecule has 0 aromatic heterocycles. The van der Waals surface area contributed by atoms with Crippen LogP contribution in [0.5, 0.6) is 0 Å². The van der Waals surface area contributed by atoms with Crippen molar-refractivity contribution in [2.24, 2.45) is 11.8 Å². The van der Waals surface area contributed by atoms with Crippen LogP contribution in [0.2, 0.25) is 0 Å². The molecular formula is C18H25N3O2. The van der Waals surface area contributed by atoms with Crippen molar-refractivity contribution in [1.82, 2.24) is 10.2 Å². The van der Waals surface area contributed by atoms with Crippen LogP contribution in [0.4, 0.5) is 5.69 Å². The van der Waals surface area contributed by atoms with Crippen LogP contribution in [0.1, 0.15) is 36.5 Å². The minimum atomic E-state index is -0.0340. The van der Waals surface area contributed by atoms with E-state index in [1.165, 1.54) is 0 Å². The number of benzene rings is 1. The van der Waals surface area contributed by atoms with Crippen LogP contribution < -0.4 is 10.6 Å². The molecule has 1 saturated carbocycles. The molecule has 23 heavy (non-hydrogen) atoms. The van der Waals surface area contributed by atoms with Gasteiger partial charge in [0.15, 0.2) is 0 Å². The summed E-state index contributed by atoms with van der Waals surface area (Å²) in [6.07, 6.45) is 2.97. The normalized spacial score (nSPS) is 25.0. The summed E-state index contributed by atoms with van der Waals surface area (Å²) in [5, 5.41) is 6.01. The minimum absolute atomic E-state index is 0.0340. The maximum Gasteiger partial charge on any atom is 0.251 e. The number of carbonyl (C=O) groups is 2. The Bertz CT molecular complexity index is 576. The minimum Gasteiger partial charge on any atom is -0.349 e. The highest BCUT2D eigenvalue weighted by Gasteiger charge is 2.39. The number of nitrogens with zero attached hydrogens (tertiary/aromatic N) is 1. The van der Waals surface area contributed by atoms with Crippen molar-refractivity contribution in [1.29, 1.82) is 0 Å². The van der Waals surface area contributed by atoms with E-state index in [1.54, 1.807) is 24.3 Å². The molecule has 5 heteroatoms. The van der Waals surface area contributed by atoms with Gasteiger partial charge in [-0.1, -0.05) is 6.92 Å². The van der Waals surface area contributed by atoms with Crippen LogP contribution >= 0.6 is 0 Å². The number of rotatable bonds is 4. The molecule has 0 bridgehead atoms. The molecule has 3 rings (SSSR count). The molecule has 1 aliphatic heterocycles. The lowest BCUT2D eigenvalue weighted by Gasteiger charge is -2.29. The Morgan fingerprint density at radius 2 is 1.74 bits per heavy atom. The number of piperidine rings is 1. The Morgan fingerprint density at radius 1 is 1.13 bits per heavy atom. The molecule has 5 nitrogen and oxygen atoms in total. The summed E-state index contributed by atoms with van der Waals surface area (Å²) in [5.74, 6) is 0.700. The summed E-state index contributed by atoms with van der Waals surface area (Å²) < 4.78 is 0. The van der Waals surface area contributed by atoms with Crippen molar-refractivity contribution in [2.45, 2.75) is 32.2 Å². The van der Waals surface area contributed by atoms with Gasteiger partial charge in [-0.05, 0) is 69.6 Å². The third-order valence-corrected chi connectivity index (χ3v) is 4.91. The predicted molar refractivity (Wildman–Crippen MR) is 90.3 cm³/mol. The molecule has 1 heterocycles. The standard InChI is InChI=1S/C18H25N3O2/c1-12-11-16(12)18(23)20-14-5-3-13(4-6-14)17(22)19-15-7-9-21(2)10-8-15/h3-6,12,15-16H,7-11H2,1-2H3,(H,19,22)(H,20,23). The Hall–Kier alpha value is -1.88. The maximum atomic E-state index is 12.3. The van der Waals surface area contributed by atoms with Gasteiger partial charge in [-0.3, -0.25) is 9.59 Å². The van der Waals surface area contributed by atoms with E-state index in [4.69, 9.17) is 0 Å². The van der Waals surface area contributed by atoms with E-state index in [0.29, 0.717) is 11.5 Å². The van der Waals surface area contributed by atoms with Crippen LogP contribution in [0, 0.1) is 11.8 Å². The lowest BCUT2D eigenvalue weighted by Crippen LogP contribution is -2.43. The van der Waals surface area contributed by atoms with E-state index in [2.05, 4.69) is 29.5 Å². The third kappa shape index (κ3) is 4.10. The summed E-state index contributed by atoms with van der Waals surface area (Å²) in [4.78, 5) is 26.5. The molecule has 2 atom stereocenters. The fourth-order valence-corrected chi connectivity index (χ4v) is 3.05. The van der Waals surface area contributed by atoms with Gasteiger partial charge < -0.3 is 15.5 Å². The number of carbonyl (C=O) groups excluding carboxylic acids is 2. The number of hydrogen-bond acceptors (Lipinski definition) is 3. The molecule has 2 N–H and O–H groups in total. The first-order valence-corrected chi connectivity index (χ1v) is 8.43. The molecule has 1 aliphatic carbocycles. The maximum absolute atomic E-state index is 12.3. The summed E-state index contributed by atoms with van der Waals surface area (Å²) in [7, 11) is 2.10. The molecular weight excluding hydrogens is 290 g/mol. The highest BCUT2D eigenvalue weighted by molar-refractivity contribution is 5.97. The van der Waals surface area contributed by atoms with Gasteiger partial charge >= 0.3 is 0 Å². The first kappa shape index (κ1) is 16.0. The highest BCUT2D eigenvalue weighted by Crippen LogP contribution is 2.38. The van der Waals surface area contributed by atoms with Gasteiger partial charge in [-0.25, -0.2) is 0 Å². The van der Waals surface area contributed by atoms with Crippen molar-refractivity contribution < 1.29 is 9.59 Å². The fraction of sp³-hybridized carbons (Fsp3) is 0.556. The van der Waals surface area contributed by atoms with Gasteiger partial charge in [0.05, 0.1) is 0 Å². The molecule has 1 aromatic carbocycles. The van der Waals surface area contributed by atoms with E-state index in [9.17, 15) is 9.59 Å². The average Bonchev–Trinajstić information content (AvgIpc) is 3.27. The van der Waals surface area contributed by atoms with E-state index in [0.717, 1.165) is 38.0 Å². The molecule has 2 fully saturated rings. The second-order valence-corrected chi connectivity index (χ2v) is 6.94. The van der Waals surface area contributed by atoms with Gasteiger partial charge in [0.25, 0.3) is 5.91 Å². The van der Waals surface area contributed by atoms with Crippen molar-refractivity contribution >= 4 is 17.5 Å². The Kier molecular flexibility index (Phi) is 4.66. The number of nitrogens with one attached hydrogen (secondary N) is 2. The summed E-state index contributed by atoms with van der Waals surface area (Å²) >= 11 is 0. The Labute approximate surface area is 137 Å². The average molecular weight is 315 g/mol. The zero-order valence-corrected chi connectivity index (χ0v) is 13.8. The second kappa shape index (κ2) is 6.71. The smallest absolute Gasteiger partial charge is 0.251 e. The van der Waals surface area contributed by atoms with E-state index >= 15 is 0 Å². The number of anilines is 1. The molecule has 0 spiro atoms. The lowest BCUT2D eigenvalue weighted by atomic mass is 10.0. The monoisotopic (exact) mass is 315 g/mol. The zero-order chi connectivity index (χ0) is 16.4. The van der Waals surface area contributed by atoms with E-state index < -0.39 is 0 Å². The van der Waals surface area contributed by atoms with E-state index in [-0.39, 0.29) is 23.8 Å². The summed E-state index contributed by atoms with van der Waals surface area (Å²) in [5.41, 5.74) is 1.40. The van der Waals surface area contributed by atoms with E-state index in [1.807, 2.05) is 0 Å². The molecule has 0 radical (unpaired) electrons. The van der Waals surface area contributed by atoms with Crippen LogP contribution in [0.3, 0.4) is 0 Å². The van der Waals surface area contributed by atoms with Crippen LogP contribution in [-0.4, -0.2) is 42.9 Å². The first-order chi connectivity index (χ1) is 11.0. The van der Waals surface area contributed by atoms with Crippen molar-refractivity contribution in [2.75, 3.05) is 25.5 Å². The predicted octanol–water partition coefficient (Wildman–Crippen LogP) is 2.11. The molecule has 2 aliphatic rings. The largest absolute Gasteiger partial charge is 0.349 e. The van der Waals surface area contributed by atoms with Gasteiger partial charge in [0.1, 0.15) is 0 Å². The topological polar surface area (TPSA) is 61.4 Å². The molecule has 1 saturated heterocycles. The third-order valence-electron chi connectivity index (χ3n) is 4.91. The molecule has 1 aromatic rings.